The first-order chi connectivity index (χ1) is 7.33. The molecule has 3 nitrogen and oxygen atoms in total. The lowest BCUT2D eigenvalue weighted by atomic mass is 9.90. The highest BCUT2D eigenvalue weighted by molar-refractivity contribution is 5.90. The molecule has 0 heterocycles. The van der Waals surface area contributed by atoms with Crippen molar-refractivity contribution in [2.24, 2.45) is 11.7 Å². The lowest BCUT2D eigenvalue weighted by Crippen LogP contribution is -2.27. The molecule has 3 heteroatoms. The van der Waals surface area contributed by atoms with Crippen LogP contribution in [0.3, 0.4) is 0 Å². The molecule has 16 heavy (non-hydrogen) atoms. The summed E-state index contributed by atoms with van der Waals surface area (Å²) in [4.78, 5) is 11.9. The molecule has 1 aliphatic carbocycles. The Labute approximate surface area is 97.3 Å². The van der Waals surface area contributed by atoms with Crippen LogP contribution in [0.5, 0.6) is 0 Å². The fraction of sp³-hybridized carbons (Fsp3) is 0.615. The third-order valence-electron chi connectivity index (χ3n) is 2.48. The van der Waals surface area contributed by atoms with Crippen molar-refractivity contribution in [3.8, 4) is 0 Å². The van der Waals surface area contributed by atoms with Crippen molar-refractivity contribution in [1.29, 1.82) is 0 Å². The average molecular weight is 223 g/mol. The van der Waals surface area contributed by atoms with Crippen molar-refractivity contribution in [1.82, 2.24) is 0 Å². The number of hydrogen-bond acceptors (Lipinski definition) is 3. The smallest absolute Gasteiger partial charge is 0.334 e. The summed E-state index contributed by atoms with van der Waals surface area (Å²) in [5, 5.41) is 0. The number of esters is 1. The van der Waals surface area contributed by atoms with Crippen LogP contribution in [0.15, 0.2) is 23.3 Å². The van der Waals surface area contributed by atoms with Gasteiger partial charge in [0.25, 0.3) is 0 Å². The Hall–Kier alpha value is -1.09. The van der Waals surface area contributed by atoms with Gasteiger partial charge in [-0.15, -0.1) is 0 Å². The molecule has 0 bridgehead atoms. The third kappa shape index (κ3) is 3.49. The molecule has 0 amide bonds. The van der Waals surface area contributed by atoms with Gasteiger partial charge in [0.2, 0.25) is 0 Å². The van der Waals surface area contributed by atoms with Gasteiger partial charge in [-0.3, -0.25) is 0 Å². The summed E-state index contributed by atoms with van der Waals surface area (Å²) < 4.78 is 5.37. The van der Waals surface area contributed by atoms with E-state index in [1.54, 1.807) is 0 Å². The molecule has 2 N–H and O–H groups in total. The second-order valence-corrected chi connectivity index (χ2v) is 5.22. The molecule has 0 radical (unpaired) electrons. The van der Waals surface area contributed by atoms with Crippen LogP contribution in [0, 0.1) is 5.92 Å². The largest absolute Gasteiger partial charge is 0.457 e. The molecule has 0 aromatic rings. The topological polar surface area (TPSA) is 52.3 Å². The van der Waals surface area contributed by atoms with Gasteiger partial charge in [-0.25, -0.2) is 4.79 Å². The van der Waals surface area contributed by atoms with E-state index in [2.05, 4.69) is 6.08 Å². The van der Waals surface area contributed by atoms with E-state index in [0.717, 1.165) is 17.6 Å². The van der Waals surface area contributed by atoms with Crippen LogP contribution in [0.2, 0.25) is 0 Å². The molecular weight excluding hydrogens is 202 g/mol. The van der Waals surface area contributed by atoms with Gasteiger partial charge in [0.05, 0.1) is 0 Å². The molecule has 0 aliphatic heterocycles. The zero-order valence-electron chi connectivity index (χ0n) is 10.5. The van der Waals surface area contributed by atoms with Crippen LogP contribution in [0.25, 0.3) is 0 Å². The van der Waals surface area contributed by atoms with Gasteiger partial charge in [-0.05, 0) is 44.8 Å². The van der Waals surface area contributed by atoms with Gasteiger partial charge < -0.3 is 10.5 Å². The first kappa shape index (κ1) is 13.0. The van der Waals surface area contributed by atoms with E-state index < -0.39 is 5.60 Å². The Kier molecular flexibility index (Phi) is 3.92. The molecule has 0 saturated carbocycles. The van der Waals surface area contributed by atoms with E-state index in [4.69, 9.17) is 10.5 Å². The Bertz CT molecular complexity index is 334. The maximum atomic E-state index is 11.9. The number of ether oxygens (including phenoxy) is 1. The van der Waals surface area contributed by atoms with Crippen molar-refractivity contribution >= 4 is 5.97 Å². The number of hydrogen-bond donors (Lipinski definition) is 1. The number of carbonyl (C=O) groups is 1. The molecular formula is C13H21NO2. The zero-order valence-corrected chi connectivity index (χ0v) is 10.5. The first-order valence-corrected chi connectivity index (χ1v) is 5.67. The van der Waals surface area contributed by atoms with Crippen molar-refractivity contribution in [3.05, 3.63) is 23.3 Å². The summed E-state index contributed by atoms with van der Waals surface area (Å²) in [6, 6.07) is 0. The molecule has 1 unspecified atom stereocenters. The minimum absolute atomic E-state index is 0.213. The van der Waals surface area contributed by atoms with Gasteiger partial charge >= 0.3 is 5.97 Å². The van der Waals surface area contributed by atoms with Gasteiger partial charge in [0.15, 0.2) is 0 Å². The van der Waals surface area contributed by atoms with Crippen molar-refractivity contribution in [2.75, 3.05) is 6.54 Å². The maximum Gasteiger partial charge on any atom is 0.334 e. The molecule has 1 atom stereocenters. The van der Waals surface area contributed by atoms with Crippen LogP contribution in [-0.4, -0.2) is 18.1 Å². The predicted octanol–water partition coefficient (Wildman–Crippen LogP) is 2.18. The minimum atomic E-state index is -0.443. The van der Waals surface area contributed by atoms with Crippen molar-refractivity contribution in [3.63, 3.8) is 0 Å². The number of allylic oxidation sites excluding steroid dienone is 1. The van der Waals surface area contributed by atoms with Crippen LogP contribution in [0.1, 0.15) is 34.1 Å². The number of carbonyl (C=O) groups excluding carboxylic acids is 1. The Balaban J connectivity index is 2.81. The summed E-state index contributed by atoms with van der Waals surface area (Å²) in [5.41, 5.74) is 6.88. The summed E-state index contributed by atoms with van der Waals surface area (Å²) in [6.45, 7) is 8.12. The molecule has 1 rings (SSSR count). The average Bonchev–Trinajstić information content (AvgIpc) is 2.15. The maximum absolute atomic E-state index is 11.9. The predicted molar refractivity (Wildman–Crippen MR) is 64.8 cm³/mol. The minimum Gasteiger partial charge on any atom is -0.457 e. The fourth-order valence-corrected chi connectivity index (χ4v) is 1.60. The van der Waals surface area contributed by atoms with E-state index >= 15 is 0 Å². The van der Waals surface area contributed by atoms with Crippen LogP contribution in [-0.2, 0) is 9.53 Å². The number of nitrogens with two attached hydrogens (primary N) is 1. The summed E-state index contributed by atoms with van der Waals surface area (Å²) in [7, 11) is 0. The lowest BCUT2D eigenvalue weighted by Gasteiger charge is -2.24. The Morgan fingerprint density at radius 3 is 2.69 bits per heavy atom. The molecule has 0 fully saturated rings. The van der Waals surface area contributed by atoms with E-state index in [9.17, 15) is 4.79 Å². The van der Waals surface area contributed by atoms with Crippen LogP contribution >= 0.6 is 0 Å². The summed E-state index contributed by atoms with van der Waals surface area (Å²) in [6.07, 6.45) is 4.80. The van der Waals surface area contributed by atoms with Crippen molar-refractivity contribution in [2.45, 2.75) is 39.7 Å². The normalized spacial score (nSPS) is 21.2. The van der Waals surface area contributed by atoms with E-state index in [1.807, 2.05) is 33.8 Å². The van der Waals surface area contributed by atoms with Gasteiger partial charge in [0.1, 0.15) is 5.60 Å². The van der Waals surface area contributed by atoms with Gasteiger partial charge in [0, 0.05) is 12.1 Å². The van der Waals surface area contributed by atoms with Crippen molar-refractivity contribution < 1.29 is 9.53 Å². The third-order valence-corrected chi connectivity index (χ3v) is 2.48. The lowest BCUT2D eigenvalue weighted by molar-refractivity contribution is -0.150. The Morgan fingerprint density at radius 2 is 2.19 bits per heavy atom. The molecule has 0 spiro atoms. The molecule has 0 aromatic carbocycles. The molecule has 0 aromatic heterocycles. The highest BCUT2D eigenvalue weighted by atomic mass is 16.6. The Morgan fingerprint density at radius 1 is 1.56 bits per heavy atom. The van der Waals surface area contributed by atoms with E-state index in [0.29, 0.717) is 6.54 Å². The van der Waals surface area contributed by atoms with Gasteiger partial charge in [-0.2, -0.15) is 0 Å². The standard InChI is InChI=1S/C13H21NO2/c1-9-5-6-10(8-14)7-11(9)12(15)16-13(2,3)4/h6-7,9H,5,8,14H2,1-4H3. The zero-order chi connectivity index (χ0) is 12.3. The summed E-state index contributed by atoms with van der Waals surface area (Å²) >= 11 is 0. The van der Waals surface area contributed by atoms with Crippen LogP contribution < -0.4 is 5.73 Å². The first-order valence-electron chi connectivity index (χ1n) is 5.67. The monoisotopic (exact) mass is 223 g/mol. The molecule has 90 valence electrons. The second kappa shape index (κ2) is 4.83. The molecule has 1 aliphatic rings. The summed E-state index contributed by atoms with van der Waals surface area (Å²) in [5.74, 6) is -0.01000. The fourth-order valence-electron chi connectivity index (χ4n) is 1.60. The van der Waals surface area contributed by atoms with Gasteiger partial charge in [-0.1, -0.05) is 13.0 Å². The highest BCUT2D eigenvalue weighted by Crippen LogP contribution is 2.25. The quantitative estimate of drug-likeness (QED) is 0.730. The SMILES string of the molecule is CC1CC=C(CN)C=C1C(=O)OC(C)(C)C. The second-order valence-electron chi connectivity index (χ2n) is 5.22. The highest BCUT2D eigenvalue weighted by Gasteiger charge is 2.25. The van der Waals surface area contributed by atoms with Crippen LogP contribution in [0.4, 0.5) is 0 Å². The number of rotatable bonds is 2. The van der Waals surface area contributed by atoms with E-state index in [-0.39, 0.29) is 11.9 Å². The molecule has 0 saturated heterocycles. The van der Waals surface area contributed by atoms with E-state index in [1.165, 1.54) is 0 Å².